The molecule has 6 aromatic rings. The van der Waals surface area contributed by atoms with Crippen LogP contribution in [0.25, 0.3) is 21.3 Å². The van der Waals surface area contributed by atoms with E-state index in [0.29, 0.717) is 209 Å². The molecule has 6 aliphatic rings. The van der Waals surface area contributed by atoms with Crippen molar-refractivity contribution in [3.05, 3.63) is 124 Å². The van der Waals surface area contributed by atoms with Crippen molar-refractivity contribution in [3.63, 3.8) is 0 Å². The number of carbonyl (C=O) groups excluding carboxylic acids is 6. The number of pyridine rings is 1. The zero-order valence-corrected chi connectivity index (χ0v) is 83.3. The zero-order chi connectivity index (χ0) is 101. The molecule has 3 aromatic heterocycles. The number of anilines is 2. The number of hydrogen-bond acceptors (Lipinski definition) is 32. The number of aliphatic carboxylic acids is 1. The molecule has 4 amide bonds. The van der Waals surface area contributed by atoms with Crippen LogP contribution in [0.3, 0.4) is 0 Å². The number of carboxylic acids is 2. The summed E-state index contributed by atoms with van der Waals surface area (Å²) in [5.74, 6) is -6.14. The normalized spacial score (nSPS) is 21.4. The fraction of sp³-hybridized carbons (Fsp3) is 0.646. The van der Waals surface area contributed by atoms with Crippen LogP contribution in [-0.2, 0) is 139 Å². The number of nitrogens with one attached hydrogen (secondary N) is 2. The first-order valence-corrected chi connectivity index (χ1v) is 50.7. The number of ether oxygens (including phenoxy) is 14. The van der Waals surface area contributed by atoms with E-state index in [1.54, 1.807) is 75.4 Å². The third-order valence-corrected chi connectivity index (χ3v) is 28.0. The molecule has 39 nitrogen and oxygen atoms in total. The van der Waals surface area contributed by atoms with Crippen molar-refractivity contribution >= 4 is 89.9 Å². The largest absolute Gasteiger partial charge is 0.479 e. The molecule has 5 heterocycles. The molecule has 4 bridgehead atoms. The number of thiazole rings is 1. The highest BCUT2D eigenvalue weighted by Crippen LogP contribution is 2.72. The number of aromatic nitrogens is 4. The van der Waals surface area contributed by atoms with Crippen molar-refractivity contribution in [1.82, 2.24) is 34.9 Å². The van der Waals surface area contributed by atoms with Gasteiger partial charge in [0.05, 0.1) is 185 Å². The number of aliphatic hydroxyl groups excluding tert-OH is 3. The van der Waals surface area contributed by atoms with Gasteiger partial charge in [0.2, 0.25) is 11.8 Å². The number of aryl methyl sites for hydroxylation is 1. The van der Waals surface area contributed by atoms with Gasteiger partial charge >= 0.3 is 18.0 Å². The molecular formula is C99H141N9O30S2. The highest BCUT2D eigenvalue weighted by Gasteiger charge is 2.66. The average molecular weight is 2000 g/mol. The maximum atomic E-state index is 14.5. The monoisotopic (exact) mass is 2000 g/mol. The first kappa shape index (κ1) is 111. The number of benzene rings is 3. The highest BCUT2D eigenvalue weighted by molar-refractivity contribution is 7.85. The Morgan fingerprint density at radius 1 is 0.650 bits per heavy atom. The summed E-state index contributed by atoms with van der Waals surface area (Å²) in [6, 6.07) is 20.6. The summed E-state index contributed by atoms with van der Waals surface area (Å²) in [6.07, 6.45) is -3.45. The minimum atomic E-state index is -4.64. The number of nitrogens with zero attached hydrogens (tertiary/aromatic N) is 7. The van der Waals surface area contributed by atoms with Crippen LogP contribution in [0, 0.1) is 35.0 Å². The van der Waals surface area contributed by atoms with Gasteiger partial charge in [-0.25, -0.2) is 24.4 Å². The van der Waals surface area contributed by atoms with E-state index in [1.165, 1.54) is 18.3 Å². The molecule has 9 atom stereocenters. The van der Waals surface area contributed by atoms with Gasteiger partial charge in [0.15, 0.2) is 22.7 Å². The van der Waals surface area contributed by atoms with Crippen molar-refractivity contribution in [1.29, 1.82) is 0 Å². The van der Waals surface area contributed by atoms with Crippen LogP contribution in [0.4, 0.5) is 15.7 Å². The number of hydrogen-bond donors (Lipinski definition) is 8. The molecule has 0 radical (unpaired) electrons. The fourth-order valence-corrected chi connectivity index (χ4v) is 21.7. The standard InChI is InChI=1S/C99H141N9O30S2/c1-9-84(111)105(27-30-126-34-35-128-38-39-130-42-43-132-46-47-134-50-51-135-49-48-133-45-44-131-41-40-129-37-36-127-33-32-125-8)26-24-73(109)55-76(66(2)3)91(116)101-67(4)80(110)54-69-17-18-72(71(53-69)19-21-81-86(112)87(113)88(114)89(138-81)93(119)120)58-136-95(121)106(29-52-140(122,123)124)28-31-137-99-62-96(6)59-97(7,63-99)61-98(60-96,64-99)65-108-68(5)77(56-100-108)74-20-22-83(103-85(74)92(117)118)107-25-23-70-13-12-14-75(78(70)57-107)90(115)104-94-102-79-15-10-11-16-82(79)139-94/h10-18,20,22,53,56,66-67,76,81,86-89,112-114H,9,19,21,23-52,54-55,57-65H2,1-8H3,(H,101,116)(H,117,118)(H,119,120)(H,102,104,115)(H,122,123,124)/t67-,76-,81-,86-,87+,88-,89-,96?,97?,98?,99?/m0/s1. The number of fused-ring (bicyclic) bond motifs is 2. The number of aliphatic hydroxyl groups is 3. The molecule has 2 aliphatic heterocycles. The Labute approximate surface area is 821 Å². The summed E-state index contributed by atoms with van der Waals surface area (Å²) < 4.78 is 117. The average Bonchev–Trinajstić information content (AvgIpc) is 0.752. The van der Waals surface area contributed by atoms with E-state index in [9.17, 15) is 76.9 Å². The van der Waals surface area contributed by atoms with Crippen molar-refractivity contribution in [2.24, 2.45) is 28.1 Å². The number of ketones is 2. The SMILES string of the molecule is CCC(=O)N(CCOCCOCCOCCOCCOCCOCCOCCOCCOCCOCCOC)CCC(=O)C[C@H](C(=O)N[C@@H](C)C(=O)Cc1ccc(COC(=O)N(CCOC23CC4(C)CC(C)(CC(Cn5ncc(-c6ccc(N7CCc8cccc(C(=O)Nc9nc%10ccccc%10s9)c8C7)nc6C(=O)O)c5C)(C4)C2)C3)CCS(=O)(=O)O)c(CC[C@@H]2O[C@H](C(=O)O)[C@@H](O)[C@H](O)[C@H]2O)c1)C(C)C. The highest BCUT2D eigenvalue weighted by atomic mass is 32.2. The third-order valence-electron chi connectivity index (χ3n) is 26.3. The second-order valence-corrected chi connectivity index (χ2v) is 40.5. The van der Waals surface area contributed by atoms with Crippen LogP contribution in [0.1, 0.15) is 160 Å². The zero-order valence-electron chi connectivity index (χ0n) is 81.7. The van der Waals surface area contributed by atoms with Crippen molar-refractivity contribution in [3.8, 4) is 11.1 Å². The topological polar surface area (TPSA) is 499 Å². The lowest BCUT2D eigenvalue weighted by molar-refractivity contribution is -0.248. The quantitative estimate of drug-likeness (QED) is 0.0132. The Hall–Kier alpha value is -9.06. The Morgan fingerprint density at radius 3 is 1.83 bits per heavy atom. The second kappa shape index (κ2) is 54.0. The summed E-state index contributed by atoms with van der Waals surface area (Å²) in [6.45, 7) is 22.4. The van der Waals surface area contributed by atoms with Gasteiger partial charge in [-0.05, 0) is 152 Å². The smallest absolute Gasteiger partial charge is 0.410 e. The lowest BCUT2D eigenvalue weighted by Crippen LogP contribution is -2.64. The van der Waals surface area contributed by atoms with Crippen molar-refractivity contribution in [2.45, 2.75) is 194 Å². The van der Waals surface area contributed by atoms with Gasteiger partial charge in [-0.3, -0.25) is 38.5 Å². The molecule has 3 aromatic carbocycles. The van der Waals surface area contributed by atoms with E-state index in [-0.39, 0.29) is 130 Å². The Kier molecular flexibility index (Phi) is 43.0. The number of carboxylic acid groups (broad SMARTS) is 2. The Bertz CT molecular complexity index is 5120. The van der Waals surface area contributed by atoms with Crippen LogP contribution < -0.4 is 15.5 Å². The number of amides is 4. The van der Waals surface area contributed by atoms with E-state index in [0.717, 1.165) is 51.2 Å². The number of rotatable bonds is 65. The van der Waals surface area contributed by atoms with E-state index < -0.39 is 107 Å². The van der Waals surface area contributed by atoms with Crippen LogP contribution in [0.2, 0.25) is 0 Å². The van der Waals surface area contributed by atoms with E-state index in [1.807, 2.05) is 52.9 Å². The number of carbonyl (C=O) groups is 8. The number of Topliss-reactive ketones (excluding diaryl/α,β-unsaturated/α-hetero) is 2. The van der Waals surface area contributed by atoms with Gasteiger partial charge in [0, 0.05) is 107 Å². The Morgan fingerprint density at radius 2 is 1.25 bits per heavy atom. The predicted octanol–water partition coefficient (Wildman–Crippen LogP) is 8.19. The second-order valence-electron chi connectivity index (χ2n) is 37.9. The van der Waals surface area contributed by atoms with Crippen LogP contribution in [0.15, 0.2) is 79.0 Å². The van der Waals surface area contributed by atoms with Gasteiger partial charge < -0.3 is 112 Å². The summed E-state index contributed by atoms with van der Waals surface area (Å²) in [5.41, 5.74) is 4.40. The van der Waals surface area contributed by atoms with Gasteiger partial charge in [-0.1, -0.05) is 88.4 Å². The molecule has 1 saturated heterocycles. The minimum Gasteiger partial charge on any atom is -0.479 e. The molecule has 2 unspecified atom stereocenters. The third kappa shape index (κ3) is 33.0. The van der Waals surface area contributed by atoms with Crippen molar-refractivity contribution in [2.75, 3.05) is 201 Å². The first-order valence-electron chi connectivity index (χ1n) is 48.3. The van der Waals surface area contributed by atoms with E-state index in [4.69, 9.17) is 76.4 Å². The molecular weight excluding hydrogens is 1860 g/mol. The van der Waals surface area contributed by atoms with Crippen LogP contribution in [0.5, 0.6) is 0 Å². The molecule has 4 saturated carbocycles. The predicted molar refractivity (Wildman–Crippen MR) is 514 cm³/mol. The van der Waals surface area contributed by atoms with Gasteiger partial charge in [0.25, 0.3) is 16.0 Å². The van der Waals surface area contributed by atoms with Crippen LogP contribution >= 0.6 is 11.3 Å². The first-order chi connectivity index (χ1) is 67.1. The molecule has 774 valence electrons. The van der Waals surface area contributed by atoms with Crippen LogP contribution in [-0.4, -0.2) is 348 Å². The van der Waals surface area contributed by atoms with Gasteiger partial charge in [0.1, 0.15) is 36.5 Å². The molecule has 0 spiro atoms. The lowest BCUT2D eigenvalue weighted by atomic mass is 9.39. The molecule has 140 heavy (non-hydrogen) atoms. The van der Waals surface area contributed by atoms with Gasteiger partial charge in [-0.2, -0.15) is 13.5 Å². The summed E-state index contributed by atoms with van der Waals surface area (Å²) >= 11 is 1.39. The lowest BCUT2D eigenvalue weighted by Gasteiger charge is -2.69. The maximum Gasteiger partial charge on any atom is 0.410 e. The van der Waals surface area contributed by atoms with Crippen molar-refractivity contribution < 1.29 is 143 Å². The van der Waals surface area contributed by atoms with Gasteiger partial charge in [-0.15, -0.1) is 0 Å². The molecule has 5 fully saturated rings. The Balaban J connectivity index is 0.628. The summed E-state index contributed by atoms with van der Waals surface area (Å²) in [7, 11) is -3.01. The number of aromatic carboxylic acids is 1. The van der Waals surface area contributed by atoms with E-state index in [2.05, 4.69) is 29.5 Å². The molecule has 4 aliphatic carbocycles. The number of methoxy groups -OCH3 is 1. The fourth-order valence-electron chi connectivity index (χ4n) is 20.4. The minimum absolute atomic E-state index is 0.0390. The molecule has 12 rings (SSSR count). The summed E-state index contributed by atoms with van der Waals surface area (Å²) in [4.78, 5) is 123. The number of para-hydroxylation sites is 1. The molecule has 41 heteroatoms. The molecule has 8 N–H and O–H groups in total. The maximum absolute atomic E-state index is 14.5. The summed E-state index contributed by atoms with van der Waals surface area (Å²) in [5, 5.41) is 64.3. The van der Waals surface area contributed by atoms with E-state index >= 15 is 0 Å².